The second-order valence-electron chi connectivity index (χ2n) is 8.74. The highest BCUT2D eigenvalue weighted by atomic mass is 16.6. The van der Waals surface area contributed by atoms with Crippen molar-refractivity contribution < 1.29 is 19.1 Å². The third-order valence-electron chi connectivity index (χ3n) is 5.10. The lowest BCUT2D eigenvalue weighted by molar-refractivity contribution is -0.123. The molecule has 2 amide bonds. The average Bonchev–Trinajstić information content (AvgIpc) is 3.07. The van der Waals surface area contributed by atoms with Crippen LogP contribution in [-0.2, 0) is 9.53 Å². The van der Waals surface area contributed by atoms with Crippen LogP contribution in [-0.4, -0.2) is 36.8 Å². The van der Waals surface area contributed by atoms with Gasteiger partial charge in [0.1, 0.15) is 11.4 Å². The van der Waals surface area contributed by atoms with Gasteiger partial charge < -0.3 is 20.1 Å². The highest BCUT2D eigenvalue weighted by Gasteiger charge is 2.36. The third-order valence-corrected chi connectivity index (χ3v) is 5.10. The molecule has 0 spiro atoms. The molecule has 6 nitrogen and oxygen atoms in total. The first-order chi connectivity index (χ1) is 13.1. The first-order valence-corrected chi connectivity index (χ1v) is 10.0. The van der Waals surface area contributed by atoms with Gasteiger partial charge in [-0.2, -0.15) is 0 Å². The smallest absolute Gasteiger partial charge is 0.407 e. The number of methoxy groups -OCH3 is 1. The summed E-state index contributed by atoms with van der Waals surface area (Å²) in [5.41, 5.74) is 0.0851. The van der Waals surface area contributed by atoms with Crippen LogP contribution in [0.5, 0.6) is 5.75 Å². The number of ether oxygens (including phenoxy) is 2. The Morgan fingerprint density at radius 1 is 1.18 bits per heavy atom. The minimum Gasteiger partial charge on any atom is -0.496 e. The fourth-order valence-electron chi connectivity index (χ4n) is 3.76. The number of carbonyl (C=O) groups excluding carboxylic acids is 2. The molecule has 1 aromatic carbocycles. The van der Waals surface area contributed by atoms with Crippen LogP contribution >= 0.6 is 0 Å². The topological polar surface area (TPSA) is 76.7 Å². The molecule has 1 aromatic rings. The summed E-state index contributed by atoms with van der Waals surface area (Å²) in [7, 11) is 1.64. The van der Waals surface area contributed by atoms with Crippen molar-refractivity contribution in [3.05, 3.63) is 29.8 Å². The molecule has 0 aromatic heterocycles. The van der Waals surface area contributed by atoms with E-state index in [1.54, 1.807) is 7.11 Å². The lowest BCUT2D eigenvalue weighted by atomic mass is 9.93. The third kappa shape index (κ3) is 6.43. The zero-order valence-electron chi connectivity index (χ0n) is 17.8. The number of rotatable bonds is 7. The highest BCUT2D eigenvalue weighted by Crippen LogP contribution is 2.31. The number of nitrogens with one attached hydrogen (secondary N) is 2. The van der Waals surface area contributed by atoms with Gasteiger partial charge in [-0.05, 0) is 51.2 Å². The van der Waals surface area contributed by atoms with Crippen molar-refractivity contribution >= 4 is 12.0 Å². The summed E-state index contributed by atoms with van der Waals surface area (Å²) in [5.74, 6) is 0.824. The van der Waals surface area contributed by atoms with E-state index in [-0.39, 0.29) is 11.8 Å². The Labute approximate surface area is 168 Å². The maximum atomic E-state index is 12.8. The maximum Gasteiger partial charge on any atom is 0.407 e. The Bertz CT molecular complexity index is 675. The van der Waals surface area contributed by atoms with E-state index in [1.165, 1.54) is 0 Å². The van der Waals surface area contributed by atoms with E-state index in [0.717, 1.165) is 37.0 Å². The van der Waals surface area contributed by atoms with E-state index < -0.39 is 17.2 Å². The molecule has 0 radical (unpaired) electrons. The van der Waals surface area contributed by atoms with Gasteiger partial charge >= 0.3 is 6.09 Å². The molecule has 0 aliphatic heterocycles. The zero-order chi connectivity index (χ0) is 20.8. The van der Waals surface area contributed by atoms with Crippen molar-refractivity contribution in [3.8, 4) is 5.75 Å². The van der Waals surface area contributed by atoms with Crippen LogP contribution in [0.1, 0.15) is 71.3 Å². The van der Waals surface area contributed by atoms with Gasteiger partial charge in [-0.3, -0.25) is 4.79 Å². The van der Waals surface area contributed by atoms with Crippen LogP contribution in [0.25, 0.3) is 0 Å². The average molecular weight is 391 g/mol. The van der Waals surface area contributed by atoms with E-state index >= 15 is 0 Å². The first kappa shape index (κ1) is 22.1. The normalized spacial score (nSPS) is 16.9. The van der Waals surface area contributed by atoms with Crippen LogP contribution in [0.2, 0.25) is 0 Å². The summed E-state index contributed by atoms with van der Waals surface area (Å²) >= 11 is 0. The van der Waals surface area contributed by atoms with Gasteiger partial charge in [0.25, 0.3) is 0 Å². The predicted molar refractivity (Wildman–Crippen MR) is 110 cm³/mol. The molecule has 1 atom stereocenters. The van der Waals surface area contributed by atoms with Crippen LogP contribution in [0.3, 0.4) is 0 Å². The van der Waals surface area contributed by atoms with Gasteiger partial charge in [0.05, 0.1) is 12.6 Å². The largest absolute Gasteiger partial charge is 0.496 e. The van der Waals surface area contributed by atoms with Crippen LogP contribution in [0.15, 0.2) is 24.3 Å². The van der Waals surface area contributed by atoms with Gasteiger partial charge in [-0.25, -0.2) is 4.79 Å². The summed E-state index contributed by atoms with van der Waals surface area (Å²) < 4.78 is 10.7. The lowest BCUT2D eigenvalue weighted by Crippen LogP contribution is -2.54. The summed E-state index contributed by atoms with van der Waals surface area (Å²) in [6.45, 7) is 7.91. The van der Waals surface area contributed by atoms with Crippen molar-refractivity contribution in [1.82, 2.24) is 10.6 Å². The Morgan fingerprint density at radius 2 is 1.82 bits per heavy atom. The molecule has 6 heteroatoms. The van der Waals surface area contributed by atoms with Gasteiger partial charge in [-0.1, -0.05) is 38.0 Å². The molecule has 1 aliphatic carbocycles. The highest BCUT2D eigenvalue weighted by molar-refractivity contribution is 5.78. The zero-order valence-corrected chi connectivity index (χ0v) is 17.8. The Kier molecular flexibility index (Phi) is 7.33. The number of alkyl carbamates (subject to hydrolysis) is 1. The van der Waals surface area contributed by atoms with E-state index in [0.29, 0.717) is 13.0 Å². The molecule has 0 heterocycles. The van der Waals surface area contributed by atoms with Gasteiger partial charge in [0.15, 0.2) is 0 Å². The fourth-order valence-corrected chi connectivity index (χ4v) is 3.76. The fraction of sp³-hybridized carbons (Fsp3) is 0.636. The summed E-state index contributed by atoms with van der Waals surface area (Å²) in [6, 6.07) is 7.78. The first-order valence-electron chi connectivity index (χ1n) is 10.0. The Hall–Kier alpha value is -2.24. The molecule has 28 heavy (non-hydrogen) atoms. The van der Waals surface area contributed by atoms with Crippen molar-refractivity contribution in [2.75, 3.05) is 13.7 Å². The summed E-state index contributed by atoms with van der Waals surface area (Å²) in [4.78, 5) is 24.8. The molecule has 2 rings (SSSR count). The van der Waals surface area contributed by atoms with Crippen molar-refractivity contribution in [1.29, 1.82) is 0 Å². The van der Waals surface area contributed by atoms with Crippen molar-refractivity contribution in [2.24, 2.45) is 0 Å². The summed E-state index contributed by atoms with van der Waals surface area (Å²) in [5, 5.41) is 6.03. The number of carbonyl (C=O) groups is 2. The second-order valence-corrected chi connectivity index (χ2v) is 8.74. The molecule has 0 bridgehead atoms. The van der Waals surface area contributed by atoms with Crippen LogP contribution in [0, 0.1) is 0 Å². The number of amides is 2. The SMILES string of the molecule is COc1ccccc1C(C)CC(=O)NC1(CNC(=O)OC(C)(C)C)CCCC1. The Balaban J connectivity index is 1.95. The standard InChI is InChI=1S/C22H34N2O4/c1-16(17-10-6-7-11-18(17)27-5)14-19(25)24-22(12-8-9-13-22)15-23-20(26)28-21(2,3)4/h6-7,10-11,16H,8-9,12-15H2,1-5H3,(H,23,26)(H,24,25). The van der Waals surface area contributed by atoms with E-state index in [9.17, 15) is 9.59 Å². The number of para-hydroxylation sites is 1. The number of hydrogen-bond donors (Lipinski definition) is 2. The summed E-state index contributed by atoms with van der Waals surface area (Å²) in [6.07, 6.45) is 3.72. The minimum atomic E-state index is -0.541. The number of hydrogen-bond acceptors (Lipinski definition) is 4. The minimum absolute atomic E-state index is 0.00806. The van der Waals surface area contributed by atoms with Gasteiger partial charge in [0.2, 0.25) is 5.91 Å². The molecule has 1 aliphatic rings. The molecule has 1 saturated carbocycles. The molecule has 156 valence electrons. The molecule has 0 saturated heterocycles. The predicted octanol–water partition coefficient (Wildman–Crippen LogP) is 4.14. The van der Waals surface area contributed by atoms with E-state index in [2.05, 4.69) is 10.6 Å². The lowest BCUT2D eigenvalue weighted by Gasteiger charge is -2.32. The molecular weight excluding hydrogens is 356 g/mol. The van der Waals surface area contributed by atoms with Crippen molar-refractivity contribution in [3.63, 3.8) is 0 Å². The maximum absolute atomic E-state index is 12.8. The van der Waals surface area contributed by atoms with Crippen molar-refractivity contribution in [2.45, 2.75) is 76.9 Å². The molecule has 1 unspecified atom stereocenters. The second kappa shape index (κ2) is 9.30. The molecule has 1 fully saturated rings. The van der Waals surface area contributed by atoms with Gasteiger partial charge in [0, 0.05) is 13.0 Å². The van der Waals surface area contributed by atoms with E-state index in [4.69, 9.17) is 9.47 Å². The quantitative estimate of drug-likeness (QED) is 0.733. The molecular formula is C22H34N2O4. The van der Waals surface area contributed by atoms with E-state index in [1.807, 2.05) is 52.0 Å². The Morgan fingerprint density at radius 3 is 2.43 bits per heavy atom. The van der Waals surface area contributed by atoms with Gasteiger partial charge in [-0.15, -0.1) is 0 Å². The monoisotopic (exact) mass is 390 g/mol. The number of benzene rings is 1. The molecule has 2 N–H and O–H groups in total. The van der Waals surface area contributed by atoms with Crippen LogP contribution in [0.4, 0.5) is 4.79 Å². The van der Waals surface area contributed by atoms with Crippen LogP contribution < -0.4 is 15.4 Å².